The number of benzene rings is 1. The quantitative estimate of drug-likeness (QED) is 0.788. The summed E-state index contributed by atoms with van der Waals surface area (Å²) in [5.41, 5.74) is 0. The van der Waals surface area contributed by atoms with Crippen molar-refractivity contribution >= 4 is 18.3 Å². The predicted molar refractivity (Wildman–Crippen MR) is 87.0 cm³/mol. The van der Waals surface area contributed by atoms with Gasteiger partial charge in [-0.2, -0.15) is 0 Å². The van der Waals surface area contributed by atoms with Crippen molar-refractivity contribution in [2.75, 3.05) is 19.7 Å². The second-order valence-electron chi connectivity index (χ2n) is 5.55. The van der Waals surface area contributed by atoms with Gasteiger partial charge < -0.3 is 15.4 Å². The van der Waals surface area contributed by atoms with Crippen molar-refractivity contribution < 1.29 is 13.9 Å². The zero-order chi connectivity index (χ0) is 15.1. The second-order valence-corrected chi connectivity index (χ2v) is 5.55. The van der Waals surface area contributed by atoms with Crippen molar-refractivity contribution in [2.24, 2.45) is 5.92 Å². The number of rotatable bonds is 6. The largest absolute Gasteiger partial charge is 0.493 e. The number of carbonyl (C=O) groups is 1. The van der Waals surface area contributed by atoms with Gasteiger partial charge in [0.05, 0.1) is 6.61 Å². The third-order valence-corrected chi connectivity index (χ3v) is 3.74. The monoisotopic (exact) mass is 330 g/mol. The number of ether oxygens (including phenoxy) is 1. The normalized spacial score (nSPS) is 20.8. The number of halogens is 2. The molecule has 0 bridgehead atoms. The maximum absolute atomic E-state index is 13.0. The van der Waals surface area contributed by atoms with E-state index in [9.17, 15) is 9.18 Å². The van der Waals surface area contributed by atoms with E-state index in [4.69, 9.17) is 4.74 Å². The molecule has 22 heavy (non-hydrogen) atoms. The molecule has 0 aliphatic carbocycles. The molecule has 0 aromatic heterocycles. The topological polar surface area (TPSA) is 50.4 Å². The van der Waals surface area contributed by atoms with E-state index in [0.29, 0.717) is 31.1 Å². The van der Waals surface area contributed by atoms with Crippen LogP contribution < -0.4 is 15.4 Å². The first-order valence-electron chi connectivity index (χ1n) is 7.53. The smallest absolute Gasteiger partial charge is 0.220 e. The molecule has 1 aromatic rings. The Morgan fingerprint density at radius 2 is 2.32 bits per heavy atom. The molecular weight excluding hydrogens is 307 g/mol. The number of hydrogen-bond acceptors (Lipinski definition) is 3. The van der Waals surface area contributed by atoms with Gasteiger partial charge in [0, 0.05) is 18.5 Å². The van der Waals surface area contributed by atoms with E-state index in [-0.39, 0.29) is 30.2 Å². The minimum Gasteiger partial charge on any atom is -0.493 e. The molecule has 6 heteroatoms. The first-order valence-corrected chi connectivity index (χ1v) is 7.53. The summed E-state index contributed by atoms with van der Waals surface area (Å²) in [5, 5.41) is 6.39. The molecule has 2 rings (SSSR count). The van der Waals surface area contributed by atoms with Crippen LogP contribution in [0.5, 0.6) is 5.75 Å². The number of carbonyl (C=O) groups excluding carboxylic acids is 1. The van der Waals surface area contributed by atoms with Gasteiger partial charge in [-0.3, -0.25) is 4.79 Å². The van der Waals surface area contributed by atoms with Gasteiger partial charge >= 0.3 is 0 Å². The maximum Gasteiger partial charge on any atom is 0.220 e. The molecule has 2 N–H and O–H groups in total. The molecule has 0 saturated carbocycles. The Labute approximate surface area is 137 Å². The molecule has 2 atom stereocenters. The minimum atomic E-state index is -0.315. The Morgan fingerprint density at radius 3 is 3.05 bits per heavy atom. The fourth-order valence-corrected chi connectivity index (χ4v) is 2.49. The van der Waals surface area contributed by atoms with Crippen LogP contribution in [0.3, 0.4) is 0 Å². The van der Waals surface area contributed by atoms with E-state index >= 15 is 0 Å². The highest BCUT2D eigenvalue weighted by Crippen LogP contribution is 2.13. The van der Waals surface area contributed by atoms with Gasteiger partial charge in [0.2, 0.25) is 5.91 Å². The fourth-order valence-electron chi connectivity index (χ4n) is 2.49. The van der Waals surface area contributed by atoms with E-state index < -0.39 is 0 Å². The maximum atomic E-state index is 13.0. The third kappa shape index (κ3) is 6.20. The van der Waals surface area contributed by atoms with E-state index in [1.807, 2.05) is 0 Å². The average Bonchev–Trinajstić information content (AvgIpc) is 2.46. The van der Waals surface area contributed by atoms with Crippen molar-refractivity contribution in [1.29, 1.82) is 0 Å². The van der Waals surface area contributed by atoms with Crippen LogP contribution >= 0.6 is 12.4 Å². The number of hydrogen-bond donors (Lipinski definition) is 2. The summed E-state index contributed by atoms with van der Waals surface area (Å²) < 4.78 is 18.4. The first-order chi connectivity index (χ1) is 10.1. The van der Waals surface area contributed by atoms with Gasteiger partial charge in [-0.15, -0.1) is 12.4 Å². The summed E-state index contributed by atoms with van der Waals surface area (Å²) in [4.78, 5) is 11.9. The molecule has 1 saturated heterocycles. The van der Waals surface area contributed by atoms with E-state index in [1.54, 1.807) is 12.1 Å². The molecule has 1 aromatic carbocycles. The third-order valence-electron chi connectivity index (χ3n) is 3.74. The standard InChI is InChI=1S/C16H23FN2O2.ClH/c1-12-11-18-8-7-15(12)19-16(20)6-3-9-21-14-5-2-4-13(17)10-14;/h2,4-5,10,12,15,18H,3,6-9,11H2,1H3,(H,19,20);1H. The molecule has 1 amide bonds. The highest BCUT2D eigenvalue weighted by Gasteiger charge is 2.22. The lowest BCUT2D eigenvalue weighted by Gasteiger charge is -2.30. The Hall–Kier alpha value is -1.33. The SMILES string of the molecule is CC1CNCCC1NC(=O)CCCOc1cccc(F)c1.Cl. The summed E-state index contributed by atoms with van der Waals surface area (Å²) in [7, 11) is 0. The van der Waals surface area contributed by atoms with Crippen LogP contribution in [0.25, 0.3) is 0 Å². The molecule has 0 spiro atoms. The lowest BCUT2D eigenvalue weighted by Crippen LogP contribution is -2.48. The van der Waals surface area contributed by atoms with Crippen LogP contribution in [0, 0.1) is 11.7 Å². The summed E-state index contributed by atoms with van der Waals surface area (Å²) in [6.45, 7) is 4.47. The van der Waals surface area contributed by atoms with Crippen LogP contribution in [-0.4, -0.2) is 31.6 Å². The van der Waals surface area contributed by atoms with Gasteiger partial charge in [0.25, 0.3) is 0 Å². The number of nitrogens with one attached hydrogen (secondary N) is 2. The van der Waals surface area contributed by atoms with Gasteiger partial charge in [0.15, 0.2) is 0 Å². The number of piperidine rings is 1. The molecular formula is C16H24ClFN2O2. The summed E-state index contributed by atoms with van der Waals surface area (Å²) in [6.07, 6.45) is 2.04. The molecule has 1 heterocycles. The molecule has 2 unspecified atom stereocenters. The van der Waals surface area contributed by atoms with Gasteiger partial charge in [0.1, 0.15) is 11.6 Å². The summed E-state index contributed by atoms with van der Waals surface area (Å²) in [6, 6.07) is 6.30. The lowest BCUT2D eigenvalue weighted by molar-refractivity contribution is -0.122. The minimum absolute atomic E-state index is 0. The van der Waals surface area contributed by atoms with E-state index in [1.165, 1.54) is 12.1 Å². The van der Waals surface area contributed by atoms with Crippen LogP contribution in [0.4, 0.5) is 4.39 Å². The zero-order valence-corrected chi connectivity index (χ0v) is 13.6. The van der Waals surface area contributed by atoms with Crippen LogP contribution in [0.1, 0.15) is 26.2 Å². The van der Waals surface area contributed by atoms with Crippen molar-refractivity contribution in [3.63, 3.8) is 0 Å². The van der Waals surface area contributed by atoms with Crippen LogP contribution in [0.2, 0.25) is 0 Å². The first kappa shape index (κ1) is 18.7. The predicted octanol–water partition coefficient (Wildman–Crippen LogP) is 2.52. The van der Waals surface area contributed by atoms with E-state index in [2.05, 4.69) is 17.6 Å². The van der Waals surface area contributed by atoms with Crippen molar-refractivity contribution in [3.8, 4) is 5.75 Å². The van der Waals surface area contributed by atoms with Crippen LogP contribution in [-0.2, 0) is 4.79 Å². The molecule has 4 nitrogen and oxygen atoms in total. The zero-order valence-electron chi connectivity index (χ0n) is 12.8. The van der Waals surface area contributed by atoms with Gasteiger partial charge in [-0.05, 0) is 44.0 Å². The van der Waals surface area contributed by atoms with Crippen molar-refractivity contribution in [2.45, 2.75) is 32.2 Å². The second kappa shape index (κ2) is 9.64. The lowest BCUT2D eigenvalue weighted by atomic mass is 9.95. The summed E-state index contributed by atoms with van der Waals surface area (Å²) >= 11 is 0. The average molecular weight is 331 g/mol. The summed E-state index contributed by atoms with van der Waals surface area (Å²) in [5.74, 6) is 0.718. The Morgan fingerprint density at radius 1 is 1.50 bits per heavy atom. The highest BCUT2D eigenvalue weighted by molar-refractivity contribution is 5.85. The van der Waals surface area contributed by atoms with Crippen molar-refractivity contribution in [3.05, 3.63) is 30.1 Å². The number of amides is 1. The fraction of sp³-hybridized carbons (Fsp3) is 0.562. The Kier molecular flexibility index (Phi) is 8.20. The molecule has 124 valence electrons. The molecule has 1 aliphatic rings. The Balaban J connectivity index is 0.00000242. The van der Waals surface area contributed by atoms with Crippen LogP contribution in [0.15, 0.2) is 24.3 Å². The van der Waals surface area contributed by atoms with Gasteiger partial charge in [-0.1, -0.05) is 13.0 Å². The Bertz CT molecular complexity index is 473. The van der Waals surface area contributed by atoms with Gasteiger partial charge in [-0.25, -0.2) is 4.39 Å². The molecule has 1 aliphatic heterocycles. The molecule has 1 fully saturated rings. The molecule has 0 radical (unpaired) electrons. The van der Waals surface area contributed by atoms with E-state index in [0.717, 1.165) is 19.5 Å². The highest BCUT2D eigenvalue weighted by atomic mass is 35.5. The van der Waals surface area contributed by atoms with Crippen molar-refractivity contribution in [1.82, 2.24) is 10.6 Å².